The number of rotatable bonds is 2. The lowest BCUT2D eigenvalue weighted by Gasteiger charge is -2.09. The lowest BCUT2D eigenvalue weighted by atomic mass is 10.0. The molecule has 5 heteroatoms. The van der Waals surface area contributed by atoms with Gasteiger partial charge in [0, 0.05) is 11.1 Å². The molecular formula is C9H7O5. The number of carbonyl (C=O) groups is 2. The minimum atomic E-state index is -0.859. The average molecular weight is 195 g/mol. The monoisotopic (exact) mass is 195 g/mol. The van der Waals surface area contributed by atoms with Crippen molar-refractivity contribution in [3.05, 3.63) is 23.6 Å². The molecule has 14 heavy (non-hydrogen) atoms. The zero-order chi connectivity index (χ0) is 10.9. The van der Waals surface area contributed by atoms with Gasteiger partial charge in [0.2, 0.25) is 5.75 Å². The van der Waals surface area contributed by atoms with Crippen LogP contribution in [0.15, 0.2) is 0 Å². The van der Waals surface area contributed by atoms with Crippen LogP contribution in [0, 0.1) is 6.92 Å². The van der Waals surface area contributed by atoms with Crippen LogP contribution in [-0.2, 0) is 0 Å². The number of aromatic hydroxyl groups is 3. The van der Waals surface area contributed by atoms with E-state index in [0.29, 0.717) is 0 Å². The second kappa shape index (κ2) is 3.37. The smallest absolute Gasteiger partial charge is 0.201 e. The van der Waals surface area contributed by atoms with Crippen LogP contribution in [0.2, 0.25) is 0 Å². The summed E-state index contributed by atoms with van der Waals surface area (Å²) in [4.78, 5) is 21.0. The first-order valence-corrected chi connectivity index (χ1v) is 3.57. The van der Waals surface area contributed by atoms with Gasteiger partial charge in [-0.25, -0.2) is 0 Å². The molecule has 0 saturated carbocycles. The SMILES string of the molecule is [CH2]c1c(O)c(O)c(O)c(C=O)c1C=O. The van der Waals surface area contributed by atoms with Crippen LogP contribution < -0.4 is 0 Å². The van der Waals surface area contributed by atoms with Crippen molar-refractivity contribution in [3.63, 3.8) is 0 Å². The summed E-state index contributed by atoms with van der Waals surface area (Å²) in [6.45, 7) is 3.29. The molecule has 73 valence electrons. The summed E-state index contributed by atoms with van der Waals surface area (Å²) in [5.74, 6) is -2.40. The molecule has 0 aliphatic rings. The Labute approximate surface area is 79.2 Å². The standard InChI is InChI=1S/C9H7O5/c1-4-5(2-10)6(3-11)8(13)9(14)7(4)12/h2-3,12-14H,1H2. The zero-order valence-electron chi connectivity index (χ0n) is 7.02. The van der Waals surface area contributed by atoms with Gasteiger partial charge in [-0.1, -0.05) is 0 Å². The molecule has 1 radical (unpaired) electrons. The number of hydrogen-bond acceptors (Lipinski definition) is 5. The third-order valence-corrected chi connectivity index (χ3v) is 1.84. The van der Waals surface area contributed by atoms with E-state index in [1.54, 1.807) is 0 Å². The van der Waals surface area contributed by atoms with Crippen LogP contribution >= 0.6 is 0 Å². The summed E-state index contributed by atoms with van der Waals surface area (Å²) in [6.07, 6.45) is 0.470. The molecule has 0 aliphatic heterocycles. The highest BCUT2D eigenvalue weighted by molar-refractivity contribution is 5.97. The van der Waals surface area contributed by atoms with Crippen molar-refractivity contribution in [2.75, 3.05) is 0 Å². The van der Waals surface area contributed by atoms with Gasteiger partial charge >= 0.3 is 0 Å². The molecule has 5 nitrogen and oxygen atoms in total. The number of aldehydes is 2. The summed E-state index contributed by atoms with van der Waals surface area (Å²) in [5.41, 5.74) is -0.828. The lowest BCUT2D eigenvalue weighted by Crippen LogP contribution is -1.96. The molecule has 0 unspecified atom stereocenters. The van der Waals surface area contributed by atoms with Gasteiger partial charge in [0.15, 0.2) is 24.1 Å². The molecule has 1 aromatic carbocycles. The number of carbonyl (C=O) groups excluding carboxylic acids is 2. The fraction of sp³-hybridized carbons (Fsp3) is 0. The van der Waals surface area contributed by atoms with Crippen molar-refractivity contribution >= 4 is 12.6 Å². The summed E-state index contributed by atoms with van der Waals surface area (Å²) in [7, 11) is 0. The summed E-state index contributed by atoms with van der Waals surface area (Å²) >= 11 is 0. The van der Waals surface area contributed by atoms with Crippen LogP contribution in [0.4, 0.5) is 0 Å². The average Bonchev–Trinajstić information content (AvgIpc) is 2.20. The topological polar surface area (TPSA) is 94.8 Å². The molecular weight excluding hydrogens is 188 g/mol. The van der Waals surface area contributed by atoms with Gasteiger partial charge in [-0.05, 0) is 6.92 Å². The molecule has 0 atom stereocenters. The minimum Gasteiger partial charge on any atom is -0.504 e. The van der Waals surface area contributed by atoms with Crippen molar-refractivity contribution in [2.45, 2.75) is 0 Å². The van der Waals surface area contributed by atoms with Gasteiger partial charge < -0.3 is 15.3 Å². The van der Waals surface area contributed by atoms with E-state index >= 15 is 0 Å². The highest BCUT2D eigenvalue weighted by atomic mass is 16.3. The molecule has 1 aromatic rings. The maximum Gasteiger partial charge on any atom is 0.201 e. The first kappa shape index (κ1) is 10.0. The maximum absolute atomic E-state index is 10.5. The Morgan fingerprint density at radius 2 is 1.36 bits per heavy atom. The quantitative estimate of drug-likeness (QED) is 0.474. The van der Waals surface area contributed by atoms with E-state index < -0.39 is 17.2 Å². The molecule has 0 saturated heterocycles. The van der Waals surface area contributed by atoms with Gasteiger partial charge in [-0.15, -0.1) is 0 Å². The van der Waals surface area contributed by atoms with E-state index in [-0.39, 0.29) is 29.3 Å². The van der Waals surface area contributed by atoms with E-state index in [2.05, 4.69) is 6.92 Å². The Hall–Kier alpha value is -2.04. The van der Waals surface area contributed by atoms with Crippen molar-refractivity contribution in [2.24, 2.45) is 0 Å². The third kappa shape index (κ3) is 1.19. The Bertz CT molecular complexity index is 369. The summed E-state index contributed by atoms with van der Waals surface area (Å²) in [6, 6.07) is 0. The zero-order valence-corrected chi connectivity index (χ0v) is 7.02. The Morgan fingerprint density at radius 3 is 1.79 bits per heavy atom. The predicted molar refractivity (Wildman–Crippen MR) is 46.7 cm³/mol. The molecule has 0 fully saturated rings. The number of benzene rings is 1. The molecule has 0 bridgehead atoms. The van der Waals surface area contributed by atoms with Crippen LogP contribution in [0.3, 0.4) is 0 Å². The van der Waals surface area contributed by atoms with E-state index in [1.165, 1.54) is 0 Å². The first-order chi connectivity index (χ1) is 6.54. The molecule has 0 heterocycles. The Morgan fingerprint density at radius 1 is 0.857 bits per heavy atom. The van der Waals surface area contributed by atoms with Crippen molar-refractivity contribution in [1.29, 1.82) is 0 Å². The predicted octanol–water partition coefficient (Wildman–Crippen LogP) is 0.611. The van der Waals surface area contributed by atoms with Crippen LogP contribution in [-0.4, -0.2) is 27.9 Å². The Balaban J connectivity index is 3.73. The summed E-state index contributed by atoms with van der Waals surface area (Å²) < 4.78 is 0. The number of phenolic OH excluding ortho intramolecular Hbond substituents is 3. The molecule has 0 spiro atoms. The largest absolute Gasteiger partial charge is 0.504 e. The second-order valence-electron chi connectivity index (χ2n) is 2.59. The number of phenols is 3. The fourth-order valence-corrected chi connectivity index (χ4v) is 1.05. The molecule has 0 aromatic heterocycles. The van der Waals surface area contributed by atoms with Crippen LogP contribution in [0.25, 0.3) is 0 Å². The Kier molecular flexibility index (Phi) is 2.42. The molecule has 3 N–H and O–H groups in total. The van der Waals surface area contributed by atoms with Gasteiger partial charge in [-0.3, -0.25) is 9.59 Å². The highest BCUT2D eigenvalue weighted by Gasteiger charge is 2.19. The molecule has 1 rings (SSSR count). The maximum atomic E-state index is 10.5. The first-order valence-electron chi connectivity index (χ1n) is 3.57. The highest BCUT2D eigenvalue weighted by Crippen LogP contribution is 2.41. The molecule has 0 amide bonds. The van der Waals surface area contributed by atoms with Crippen LogP contribution in [0.1, 0.15) is 26.3 Å². The third-order valence-electron chi connectivity index (χ3n) is 1.84. The van der Waals surface area contributed by atoms with Crippen molar-refractivity contribution in [1.82, 2.24) is 0 Å². The fourth-order valence-electron chi connectivity index (χ4n) is 1.05. The van der Waals surface area contributed by atoms with E-state index in [4.69, 9.17) is 5.11 Å². The number of hydrogen-bond donors (Lipinski definition) is 3. The summed E-state index contributed by atoms with van der Waals surface area (Å²) in [5, 5.41) is 27.5. The normalized spacial score (nSPS) is 9.79. The van der Waals surface area contributed by atoms with Gasteiger partial charge in [0.25, 0.3) is 0 Å². The second-order valence-corrected chi connectivity index (χ2v) is 2.59. The lowest BCUT2D eigenvalue weighted by molar-refractivity contribution is 0.109. The van der Waals surface area contributed by atoms with E-state index in [1.807, 2.05) is 0 Å². The van der Waals surface area contributed by atoms with Crippen LogP contribution in [0.5, 0.6) is 17.2 Å². The van der Waals surface area contributed by atoms with Crippen molar-refractivity contribution in [3.8, 4) is 17.2 Å². The van der Waals surface area contributed by atoms with E-state index in [9.17, 15) is 19.8 Å². The van der Waals surface area contributed by atoms with Gasteiger partial charge in [0.05, 0.1) is 5.56 Å². The minimum absolute atomic E-state index is 0.197. The van der Waals surface area contributed by atoms with Gasteiger partial charge in [-0.2, -0.15) is 0 Å². The van der Waals surface area contributed by atoms with Gasteiger partial charge in [0.1, 0.15) is 0 Å². The van der Waals surface area contributed by atoms with Crippen molar-refractivity contribution < 1.29 is 24.9 Å². The molecule has 0 aliphatic carbocycles. The van der Waals surface area contributed by atoms with E-state index in [0.717, 1.165) is 0 Å².